The zero-order valence-electron chi connectivity index (χ0n) is 9.14. The van der Waals surface area contributed by atoms with Crippen molar-refractivity contribution in [2.45, 2.75) is 39.0 Å². The lowest BCUT2D eigenvalue weighted by atomic mass is 10.0. The van der Waals surface area contributed by atoms with Gasteiger partial charge in [0.15, 0.2) is 0 Å². The molecule has 0 aliphatic carbocycles. The topological polar surface area (TPSA) is 41.1 Å². The monoisotopic (exact) mass is 198 g/mol. The Morgan fingerprint density at radius 3 is 3.00 bits per heavy atom. The van der Waals surface area contributed by atoms with Crippen LogP contribution in [0.1, 0.15) is 39.0 Å². The minimum Gasteiger partial charge on any atom is -0.356 e. The lowest BCUT2D eigenvalue weighted by Gasteiger charge is -2.08. The van der Waals surface area contributed by atoms with E-state index >= 15 is 0 Å². The summed E-state index contributed by atoms with van der Waals surface area (Å²) in [5.74, 6) is 0.802. The summed E-state index contributed by atoms with van der Waals surface area (Å²) >= 11 is 0. The first-order valence-corrected chi connectivity index (χ1v) is 5.80. The molecule has 1 heterocycles. The molecule has 0 spiro atoms. The molecular weight excluding hydrogens is 176 g/mol. The number of carbonyl (C=O) groups is 1. The molecule has 1 saturated heterocycles. The smallest absolute Gasteiger partial charge is 0.220 e. The van der Waals surface area contributed by atoms with Crippen molar-refractivity contribution < 1.29 is 4.79 Å². The molecule has 3 heteroatoms. The Bertz CT molecular complexity index is 165. The maximum absolute atomic E-state index is 11.4. The van der Waals surface area contributed by atoms with E-state index in [9.17, 15) is 4.79 Å². The molecule has 0 aromatic carbocycles. The SMILES string of the molecule is CCCCCNC(=O)CC1CCNC1. The van der Waals surface area contributed by atoms with Crippen molar-refractivity contribution in [1.82, 2.24) is 10.6 Å². The second-order valence-electron chi connectivity index (χ2n) is 4.12. The van der Waals surface area contributed by atoms with Crippen LogP contribution in [-0.4, -0.2) is 25.5 Å². The van der Waals surface area contributed by atoms with Crippen LogP contribution in [0, 0.1) is 5.92 Å². The molecule has 0 aromatic rings. The van der Waals surface area contributed by atoms with Crippen LogP contribution in [0.4, 0.5) is 0 Å². The van der Waals surface area contributed by atoms with Gasteiger partial charge in [0.05, 0.1) is 0 Å². The van der Waals surface area contributed by atoms with Gasteiger partial charge in [0, 0.05) is 13.0 Å². The molecule has 1 rings (SSSR count). The molecule has 1 fully saturated rings. The summed E-state index contributed by atoms with van der Waals surface area (Å²) in [5, 5.41) is 6.25. The Labute approximate surface area is 86.6 Å². The molecule has 0 aromatic heterocycles. The lowest BCUT2D eigenvalue weighted by Crippen LogP contribution is -2.27. The highest BCUT2D eigenvalue weighted by Gasteiger charge is 2.17. The third-order valence-corrected chi connectivity index (χ3v) is 2.74. The first kappa shape index (κ1) is 11.5. The summed E-state index contributed by atoms with van der Waals surface area (Å²) in [7, 11) is 0. The average Bonchev–Trinajstić information content (AvgIpc) is 2.65. The van der Waals surface area contributed by atoms with Crippen LogP contribution in [0.2, 0.25) is 0 Å². The highest BCUT2D eigenvalue weighted by molar-refractivity contribution is 5.76. The number of hydrogen-bond donors (Lipinski definition) is 2. The fourth-order valence-corrected chi connectivity index (χ4v) is 1.83. The minimum absolute atomic E-state index is 0.231. The van der Waals surface area contributed by atoms with Gasteiger partial charge < -0.3 is 10.6 Å². The van der Waals surface area contributed by atoms with Crippen LogP contribution in [0.15, 0.2) is 0 Å². The van der Waals surface area contributed by atoms with E-state index in [-0.39, 0.29) is 5.91 Å². The van der Waals surface area contributed by atoms with Crippen molar-refractivity contribution in [2.75, 3.05) is 19.6 Å². The minimum atomic E-state index is 0.231. The van der Waals surface area contributed by atoms with Crippen molar-refractivity contribution >= 4 is 5.91 Å². The maximum Gasteiger partial charge on any atom is 0.220 e. The van der Waals surface area contributed by atoms with E-state index in [1.165, 1.54) is 12.8 Å². The van der Waals surface area contributed by atoms with E-state index in [4.69, 9.17) is 0 Å². The maximum atomic E-state index is 11.4. The Kier molecular flexibility index (Phi) is 5.60. The number of unbranched alkanes of at least 4 members (excludes halogenated alkanes) is 2. The van der Waals surface area contributed by atoms with E-state index in [2.05, 4.69) is 17.6 Å². The molecular formula is C11H22N2O. The number of nitrogens with one attached hydrogen (secondary N) is 2. The summed E-state index contributed by atoms with van der Waals surface area (Å²) in [6.07, 6.45) is 5.40. The first-order chi connectivity index (χ1) is 6.83. The second-order valence-corrected chi connectivity index (χ2v) is 4.12. The van der Waals surface area contributed by atoms with Crippen LogP contribution < -0.4 is 10.6 Å². The molecule has 0 saturated carbocycles. The zero-order chi connectivity index (χ0) is 10.2. The molecule has 82 valence electrons. The largest absolute Gasteiger partial charge is 0.356 e. The molecule has 0 radical (unpaired) electrons. The summed E-state index contributed by atoms with van der Waals surface area (Å²) in [6, 6.07) is 0. The molecule has 3 nitrogen and oxygen atoms in total. The van der Waals surface area contributed by atoms with Crippen LogP contribution in [0.5, 0.6) is 0 Å². The van der Waals surface area contributed by atoms with Crippen LogP contribution in [-0.2, 0) is 4.79 Å². The van der Waals surface area contributed by atoms with Gasteiger partial charge in [-0.1, -0.05) is 19.8 Å². The molecule has 2 N–H and O–H groups in total. The molecule has 1 aliphatic rings. The molecule has 1 aliphatic heterocycles. The highest BCUT2D eigenvalue weighted by Crippen LogP contribution is 2.11. The third-order valence-electron chi connectivity index (χ3n) is 2.74. The van der Waals surface area contributed by atoms with Crippen molar-refractivity contribution in [3.63, 3.8) is 0 Å². The summed E-state index contributed by atoms with van der Waals surface area (Å²) in [5.41, 5.74) is 0. The van der Waals surface area contributed by atoms with Gasteiger partial charge >= 0.3 is 0 Å². The molecule has 14 heavy (non-hydrogen) atoms. The third kappa shape index (κ3) is 4.61. The summed E-state index contributed by atoms with van der Waals surface area (Å²) in [4.78, 5) is 11.4. The predicted molar refractivity (Wildman–Crippen MR) is 58.1 cm³/mol. The number of hydrogen-bond acceptors (Lipinski definition) is 2. The molecule has 0 bridgehead atoms. The number of rotatable bonds is 6. The van der Waals surface area contributed by atoms with Crippen LogP contribution in [0.3, 0.4) is 0 Å². The number of carbonyl (C=O) groups excluding carboxylic acids is 1. The fraction of sp³-hybridized carbons (Fsp3) is 0.909. The van der Waals surface area contributed by atoms with E-state index in [1.54, 1.807) is 0 Å². The van der Waals surface area contributed by atoms with Crippen molar-refractivity contribution in [3.05, 3.63) is 0 Å². The molecule has 1 amide bonds. The summed E-state index contributed by atoms with van der Waals surface area (Å²) in [6.45, 7) is 5.12. The van der Waals surface area contributed by atoms with E-state index in [0.29, 0.717) is 12.3 Å². The predicted octanol–water partition coefficient (Wildman–Crippen LogP) is 1.29. The highest BCUT2D eigenvalue weighted by atomic mass is 16.1. The lowest BCUT2D eigenvalue weighted by molar-refractivity contribution is -0.121. The first-order valence-electron chi connectivity index (χ1n) is 5.80. The summed E-state index contributed by atoms with van der Waals surface area (Å²) < 4.78 is 0. The molecule has 1 unspecified atom stereocenters. The Hall–Kier alpha value is -0.570. The van der Waals surface area contributed by atoms with E-state index in [1.807, 2.05) is 0 Å². The fourth-order valence-electron chi connectivity index (χ4n) is 1.83. The van der Waals surface area contributed by atoms with Gasteiger partial charge in [-0.25, -0.2) is 0 Å². The van der Waals surface area contributed by atoms with Gasteiger partial charge in [-0.3, -0.25) is 4.79 Å². The number of amides is 1. The Morgan fingerprint density at radius 1 is 1.50 bits per heavy atom. The normalized spacial score (nSPS) is 21.1. The van der Waals surface area contributed by atoms with Gasteiger partial charge in [0.2, 0.25) is 5.91 Å². The van der Waals surface area contributed by atoms with Gasteiger partial charge in [-0.2, -0.15) is 0 Å². The van der Waals surface area contributed by atoms with Gasteiger partial charge in [0.25, 0.3) is 0 Å². The van der Waals surface area contributed by atoms with Crippen molar-refractivity contribution in [1.29, 1.82) is 0 Å². The van der Waals surface area contributed by atoms with E-state index < -0.39 is 0 Å². The van der Waals surface area contributed by atoms with Crippen LogP contribution in [0.25, 0.3) is 0 Å². The van der Waals surface area contributed by atoms with E-state index in [0.717, 1.165) is 32.5 Å². The van der Waals surface area contributed by atoms with Gasteiger partial charge in [-0.05, 0) is 31.8 Å². The zero-order valence-corrected chi connectivity index (χ0v) is 9.14. The van der Waals surface area contributed by atoms with Crippen LogP contribution >= 0.6 is 0 Å². The quantitative estimate of drug-likeness (QED) is 0.631. The Morgan fingerprint density at radius 2 is 2.36 bits per heavy atom. The van der Waals surface area contributed by atoms with Gasteiger partial charge in [0.1, 0.15) is 0 Å². The standard InChI is InChI=1S/C11H22N2O/c1-2-3-4-6-13-11(14)8-10-5-7-12-9-10/h10,12H,2-9H2,1H3,(H,13,14). The van der Waals surface area contributed by atoms with Crippen molar-refractivity contribution in [3.8, 4) is 0 Å². The Balaban J connectivity index is 1.98. The second kappa shape index (κ2) is 6.82. The van der Waals surface area contributed by atoms with Crippen molar-refractivity contribution in [2.24, 2.45) is 5.92 Å². The molecule has 1 atom stereocenters. The average molecular weight is 198 g/mol. The van der Waals surface area contributed by atoms with Gasteiger partial charge in [-0.15, -0.1) is 0 Å².